The van der Waals surface area contributed by atoms with Crippen LogP contribution in [0.25, 0.3) is 0 Å². The van der Waals surface area contributed by atoms with E-state index < -0.39 is 5.97 Å². The lowest BCUT2D eigenvalue weighted by Crippen LogP contribution is -1.92. The van der Waals surface area contributed by atoms with E-state index in [2.05, 4.69) is 11.2 Å². The second-order valence-electron chi connectivity index (χ2n) is 1.02. The van der Waals surface area contributed by atoms with E-state index in [4.69, 9.17) is 0 Å². The molecule has 0 aromatic carbocycles. The van der Waals surface area contributed by atoms with Gasteiger partial charge in [0, 0.05) is 5.92 Å². The van der Waals surface area contributed by atoms with Crippen LogP contribution in [-0.4, -0.2) is 5.97 Å². The number of ether oxygens (including phenoxy) is 1. The predicted molar refractivity (Wildman–Crippen MR) is 29.7 cm³/mol. The lowest BCUT2D eigenvalue weighted by atomic mass is 10.7. The zero-order valence-electron chi connectivity index (χ0n) is 4.55. The van der Waals surface area contributed by atoms with Crippen molar-refractivity contribution >= 4 is 5.97 Å². The normalized spacial score (nSPS) is 8.50. The minimum atomic E-state index is -0.664. The summed E-state index contributed by atoms with van der Waals surface area (Å²) in [5.41, 5.74) is 0. The van der Waals surface area contributed by atoms with E-state index in [0.29, 0.717) is 0 Å². The van der Waals surface area contributed by atoms with Gasteiger partial charge in [0.1, 0.15) is 0 Å². The lowest BCUT2D eigenvalue weighted by Gasteiger charge is -1.84. The summed E-state index contributed by atoms with van der Waals surface area (Å²) in [4.78, 5) is 10.1. The van der Waals surface area contributed by atoms with Crippen molar-refractivity contribution in [2.24, 2.45) is 0 Å². The molecule has 0 spiro atoms. The molecule has 0 aromatic heterocycles. The second kappa shape index (κ2) is 3.94. The molecule has 0 unspecified atom stereocenters. The van der Waals surface area contributed by atoms with Gasteiger partial charge in [-0.05, 0) is 6.92 Å². The van der Waals surface area contributed by atoms with Gasteiger partial charge >= 0.3 is 5.97 Å². The summed E-state index contributed by atoms with van der Waals surface area (Å²) >= 11 is 0. The van der Waals surface area contributed by atoms with Crippen LogP contribution in [-0.2, 0) is 9.53 Å². The molecule has 2 heteroatoms. The van der Waals surface area contributed by atoms with Crippen LogP contribution in [0, 0.1) is 12.3 Å². The minimum absolute atomic E-state index is 0.664. The van der Waals surface area contributed by atoms with Crippen LogP contribution in [0.1, 0.15) is 6.92 Å². The summed E-state index contributed by atoms with van der Waals surface area (Å²) < 4.78 is 4.28. The zero-order chi connectivity index (χ0) is 6.41. The Morgan fingerprint density at radius 3 is 2.88 bits per heavy atom. The summed E-state index contributed by atoms with van der Waals surface area (Å²) in [7, 11) is 0. The van der Waals surface area contributed by atoms with E-state index in [1.54, 1.807) is 18.9 Å². The van der Waals surface area contributed by atoms with Crippen molar-refractivity contribution in [3.63, 3.8) is 0 Å². The molecule has 2 nitrogen and oxygen atoms in total. The Balaban J connectivity index is 3.44. The number of hydrogen-bond donors (Lipinski definition) is 0. The number of carbonyl (C=O) groups is 1. The summed E-state index contributed by atoms with van der Waals surface area (Å²) in [6.07, 6.45) is 7.47. The number of carbonyl (C=O) groups excluding carboxylic acids is 1. The second-order valence-corrected chi connectivity index (χ2v) is 1.02. The van der Waals surface area contributed by atoms with Crippen molar-refractivity contribution in [3.05, 3.63) is 12.3 Å². The van der Waals surface area contributed by atoms with Gasteiger partial charge in [0.15, 0.2) is 0 Å². The van der Waals surface area contributed by atoms with Gasteiger partial charge in [-0.25, -0.2) is 4.79 Å². The first-order valence-corrected chi connectivity index (χ1v) is 2.09. The van der Waals surface area contributed by atoms with Gasteiger partial charge in [0.05, 0.1) is 6.26 Å². The molecule has 0 fully saturated rings. The first-order chi connectivity index (χ1) is 3.81. The van der Waals surface area contributed by atoms with Crippen molar-refractivity contribution in [3.8, 4) is 12.3 Å². The minimum Gasteiger partial charge on any atom is -0.425 e. The smallest absolute Gasteiger partial charge is 0.388 e. The van der Waals surface area contributed by atoms with E-state index in [1.807, 2.05) is 0 Å². The summed E-state index contributed by atoms with van der Waals surface area (Å²) in [6.45, 7) is 1.73. The molecule has 42 valence electrons. The average molecular weight is 110 g/mol. The van der Waals surface area contributed by atoms with Crippen LogP contribution >= 0.6 is 0 Å². The maximum absolute atomic E-state index is 10.1. The summed E-state index contributed by atoms with van der Waals surface area (Å²) in [5.74, 6) is 1.12. The first kappa shape index (κ1) is 6.77. The molecular formula is C6H6O2. The van der Waals surface area contributed by atoms with Gasteiger partial charge in [-0.15, -0.1) is 6.42 Å². The van der Waals surface area contributed by atoms with Crippen molar-refractivity contribution in [2.45, 2.75) is 6.92 Å². The van der Waals surface area contributed by atoms with Gasteiger partial charge < -0.3 is 4.74 Å². The molecule has 0 bridgehead atoms. The summed E-state index contributed by atoms with van der Waals surface area (Å²) in [6, 6.07) is 0. The van der Waals surface area contributed by atoms with Gasteiger partial charge in [0.2, 0.25) is 0 Å². The van der Waals surface area contributed by atoms with Crippen molar-refractivity contribution in [1.29, 1.82) is 0 Å². The van der Waals surface area contributed by atoms with Gasteiger partial charge in [-0.1, -0.05) is 6.08 Å². The zero-order valence-corrected chi connectivity index (χ0v) is 4.55. The Bertz CT molecular complexity index is 139. The third kappa shape index (κ3) is 2.98. The Labute approximate surface area is 48.1 Å². The van der Waals surface area contributed by atoms with E-state index in [1.165, 1.54) is 6.26 Å². The number of rotatable bonds is 1. The molecule has 0 atom stereocenters. The molecule has 0 rings (SSSR count). The van der Waals surface area contributed by atoms with E-state index >= 15 is 0 Å². The van der Waals surface area contributed by atoms with Gasteiger partial charge in [-0.2, -0.15) is 0 Å². The summed E-state index contributed by atoms with van der Waals surface area (Å²) in [5, 5.41) is 0. The standard InChI is InChI=1S/C6H6O2/c1-3-5-8-6(7)4-2/h2-3,5H,1H3. The van der Waals surface area contributed by atoms with Crippen molar-refractivity contribution in [2.75, 3.05) is 0 Å². The highest BCUT2D eigenvalue weighted by atomic mass is 16.5. The molecule has 0 saturated heterocycles. The van der Waals surface area contributed by atoms with E-state index in [-0.39, 0.29) is 0 Å². The highest BCUT2D eigenvalue weighted by Gasteiger charge is 1.86. The highest BCUT2D eigenvalue weighted by Crippen LogP contribution is 1.75. The molecule has 0 amide bonds. The Hall–Kier alpha value is -1.23. The maximum atomic E-state index is 10.1. The number of hydrogen-bond acceptors (Lipinski definition) is 2. The van der Waals surface area contributed by atoms with Crippen LogP contribution in [0.3, 0.4) is 0 Å². The average Bonchev–Trinajstić information content (AvgIpc) is 1.83. The van der Waals surface area contributed by atoms with Crippen LogP contribution in [0.2, 0.25) is 0 Å². The first-order valence-electron chi connectivity index (χ1n) is 2.09. The van der Waals surface area contributed by atoms with Gasteiger partial charge in [0.25, 0.3) is 0 Å². The van der Waals surface area contributed by atoms with Crippen molar-refractivity contribution < 1.29 is 9.53 Å². The van der Waals surface area contributed by atoms with Crippen molar-refractivity contribution in [1.82, 2.24) is 0 Å². The Morgan fingerprint density at radius 1 is 1.88 bits per heavy atom. The molecule has 0 saturated carbocycles. The lowest BCUT2D eigenvalue weighted by molar-refractivity contribution is -0.131. The largest absolute Gasteiger partial charge is 0.425 e. The molecule has 0 radical (unpaired) electrons. The van der Waals surface area contributed by atoms with Crippen LogP contribution in [0.5, 0.6) is 0 Å². The van der Waals surface area contributed by atoms with Crippen LogP contribution in [0.4, 0.5) is 0 Å². The van der Waals surface area contributed by atoms with E-state index in [0.717, 1.165) is 0 Å². The molecule has 0 aliphatic rings. The maximum Gasteiger partial charge on any atom is 0.388 e. The number of allylic oxidation sites excluding steroid dienone is 1. The van der Waals surface area contributed by atoms with Crippen LogP contribution < -0.4 is 0 Å². The third-order valence-electron chi connectivity index (χ3n) is 0.429. The molecule has 0 heterocycles. The fourth-order valence-corrected chi connectivity index (χ4v) is 0.164. The molecule has 0 aliphatic carbocycles. The SMILES string of the molecule is C#CC(=O)OC=CC. The molecule has 0 aliphatic heterocycles. The van der Waals surface area contributed by atoms with E-state index in [9.17, 15) is 4.79 Å². The Kier molecular flexibility index (Phi) is 3.34. The molecule has 0 N–H and O–H groups in total. The van der Waals surface area contributed by atoms with Gasteiger partial charge in [-0.3, -0.25) is 0 Å². The van der Waals surface area contributed by atoms with Crippen LogP contribution in [0.15, 0.2) is 12.3 Å². The highest BCUT2D eigenvalue weighted by molar-refractivity contribution is 5.87. The Morgan fingerprint density at radius 2 is 2.50 bits per heavy atom. The fourth-order valence-electron chi connectivity index (χ4n) is 0.164. The molecule has 0 aromatic rings. The number of esters is 1. The topological polar surface area (TPSA) is 26.3 Å². The fraction of sp³-hybridized carbons (Fsp3) is 0.167. The molecular weight excluding hydrogens is 104 g/mol. The third-order valence-corrected chi connectivity index (χ3v) is 0.429. The predicted octanol–water partition coefficient (Wildman–Crippen LogP) is 0.696. The number of terminal acetylenes is 1. The molecule has 8 heavy (non-hydrogen) atoms. The quantitative estimate of drug-likeness (QED) is 0.215. The monoisotopic (exact) mass is 110 g/mol.